The van der Waals surface area contributed by atoms with Crippen molar-refractivity contribution in [1.29, 1.82) is 0 Å². The fourth-order valence-electron chi connectivity index (χ4n) is 4.92. The second-order valence-electron chi connectivity index (χ2n) is 10.6. The van der Waals surface area contributed by atoms with E-state index in [9.17, 15) is 45.0 Å². The Morgan fingerprint density at radius 1 is 0.933 bits per heavy atom. The van der Waals surface area contributed by atoms with E-state index in [0.717, 1.165) is 12.2 Å². The molecule has 2 aromatic carbocycles. The Morgan fingerprint density at radius 2 is 1.53 bits per heavy atom. The lowest BCUT2D eigenvalue weighted by Gasteiger charge is -2.49. The van der Waals surface area contributed by atoms with Gasteiger partial charge in [0.15, 0.2) is 40.2 Å². The highest BCUT2D eigenvalue weighted by atomic mass is 16.5. The van der Waals surface area contributed by atoms with Gasteiger partial charge < -0.3 is 55.9 Å². The molecular weight excluding hydrogens is 592 g/mol. The zero-order valence-electron chi connectivity index (χ0n) is 24.6. The number of carboxylic acids is 1. The molecule has 1 fully saturated rings. The molecule has 45 heavy (non-hydrogen) atoms. The number of hydrogen-bond acceptors (Lipinski definition) is 13. The van der Waals surface area contributed by atoms with Gasteiger partial charge >= 0.3 is 5.97 Å². The third-order valence-electron chi connectivity index (χ3n) is 7.17. The summed E-state index contributed by atoms with van der Waals surface area (Å²) in [5.74, 6) is -3.38. The van der Waals surface area contributed by atoms with Crippen molar-refractivity contribution >= 4 is 29.7 Å². The monoisotopic (exact) mass is 630 g/mol. The van der Waals surface area contributed by atoms with Gasteiger partial charge in [-0.15, -0.1) is 0 Å². The number of carboxylic acid groups (broad SMARTS) is 1. The Labute approximate surface area is 259 Å². The molecule has 0 bridgehead atoms. The maximum absolute atomic E-state index is 12.7. The SMILES string of the molecule is CNC[C@]1(OCC(=O)C=Cc2ccc(O)c(O)c2)C[C@](OCC(=O)C=Cc2ccc(OCCN)c(O)c2)(C(=O)O)C[C@@H](O)[C@H]1O. The number of rotatable bonds is 16. The standard InChI is InChI=1S/C31H38N2O12/c1-33-18-31(45-16-22(35)6-2-19-4-8-23(36)24(37)12-19)17-30(29(41)42,14-26(39)28(31)40)44-15-21(34)7-3-20-5-9-27(25(38)13-20)43-11-10-32/h2-9,12-13,26,28,33,36-40H,10-11,14-18,32H2,1H3,(H,41,42)/t26-,28-,30+,31-/m1/s1. The fourth-order valence-corrected chi connectivity index (χ4v) is 4.92. The minimum Gasteiger partial charge on any atom is -0.504 e. The van der Waals surface area contributed by atoms with Crippen LogP contribution in [-0.2, 0) is 23.9 Å². The predicted octanol–water partition coefficient (Wildman–Crippen LogP) is 0.336. The second-order valence-corrected chi connectivity index (χ2v) is 10.6. The molecule has 0 unspecified atom stereocenters. The molecule has 0 aromatic heterocycles. The highest BCUT2D eigenvalue weighted by Gasteiger charge is 2.59. The second kappa shape index (κ2) is 15.6. The number of nitrogens with one attached hydrogen (secondary N) is 1. The van der Waals surface area contributed by atoms with Gasteiger partial charge in [-0.1, -0.05) is 24.3 Å². The molecule has 4 atom stereocenters. The molecule has 0 saturated heterocycles. The van der Waals surface area contributed by atoms with E-state index in [4.69, 9.17) is 19.9 Å². The molecular formula is C31H38N2O12. The van der Waals surface area contributed by atoms with Crippen LogP contribution in [0.4, 0.5) is 0 Å². The molecule has 0 spiro atoms. The lowest BCUT2D eigenvalue weighted by molar-refractivity contribution is -0.236. The summed E-state index contributed by atoms with van der Waals surface area (Å²) in [7, 11) is 1.50. The number of phenolic OH excluding ortho intramolecular Hbond substituents is 3. The fraction of sp³-hybridized carbons (Fsp3) is 0.387. The Balaban J connectivity index is 1.72. The van der Waals surface area contributed by atoms with Crippen molar-refractivity contribution in [3.63, 3.8) is 0 Å². The van der Waals surface area contributed by atoms with Crippen LogP contribution in [0.3, 0.4) is 0 Å². The first-order valence-corrected chi connectivity index (χ1v) is 14.0. The van der Waals surface area contributed by atoms with E-state index < -0.39 is 67.0 Å². The number of hydrogen-bond donors (Lipinski definition) is 8. The van der Waals surface area contributed by atoms with Gasteiger partial charge in [-0.05, 0) is 54.6 Å². The van der Waals surface area contributed by atoms with Crippen LogP contribution in [0.15, 0.2) is 48.6 Å². The topological polar surface area (TPSA) is 238 Å². The highest BCUT2D eigenvalue weighted by Crippen LogP contribution is 2.41. The van der Waals surface area contributed by atoms with Gasteiger partial charge in [0.25, 0.3) is 0 Å². The summed E-state index contributed by atoms with van der Waals surface area (Å²) in [5.41, 5.74) is 2.27. The molecule has 9 N–H and O–H groups in total. The highest BCUT2D eigenvalue weighted by molar-refractivity contribution is 5.95. The summed E-state index contributed by atoms with van der Waals surface area (Å²) in [5, 5.41) is 63.8. The Kier molecular flexibility index (Phi) is 12.2. The van der Waals surface area contributed by atoms with E-state index in [0.29, 0.717) is 11.1 Å². The van der Waals surface area contributed by atoms with E-state index in [1.54, 1.807) is 6.07 Å². The van der Waals surface area contributed by atoms with E-state index in [1.165, 1.54) is 49.5 Å². The summed E-state index contributed by atoms with van der Waals surface area (Å²) in [4.78, 5) is 37.8. The molecule has 1 aliphatic rings. The number of nitrogens with two attached hydrogens (primary N) is 1. The van der Waals surface area contributed by atoms with Crippen molar-refractivity contribution in [3.05, 3.63) is 59.7 Å². The van der Waals surface area contributed by atoms with E-state index in [-0.39, 0.29) is 42.7 Å². The van der Waals surface area contributed by atoms with E-state index >= 15 is 0 Å². The molecule has 0 heterocycles. The number of aromatic hydroxyl groups is 3. The molecule has 14 nitrogen and oxygen atoms in total. The Morgan fingerprint density at radius 3 is 2.09 bits per heavy atom. The van der Waals surface area contributed by atoms with Gasteiger partial charge in [-0.25, -0.2) is 4.79 Å². The maximum atomic E-state index is 12.7. The van der Waals surface area contributed by atoms with Gasteiger partial charge in [0.2, 0.25) is 0 Å². The molecule has 0 amide bonds. The molecule has 1 aliphatic carbocycles. The first-order chi connectivity index (χ1) is 21.3. The third kappa shape index (κ3) is 9.11. The third-order valence-corrected chi connectivity index (χ3v) is 7.17. The number of ketones is 2. The number of carbonyl (C=O) groups excluding carboxylic acids is 2. The summed E-state index contributed by atoms with van der Waals surface area (Å²) < 4.78 is 16.7. The summed E-state index contributed by atoms with van der Waals surface area (Å²) in [6.45, 7) is -1.04. The van der Waals surface area contributed by atoms with Crippen LogP contribution >= 0.6 is 0 Å². The maximum Gasteiger partial charge on any atom is 0.336 e. The zero-order chi connectivity index (χ0) is 33.2. The van der Waals surface area contributed by atoms with Crippen LogP contribution in [0.25, 0.3) is 12.2 Å². The summed E-state index contributed by atoms with van der Waals surface area (Å²) in [6, 6.07) is 8.38. The van der Waals surface area contributed by atoms with Crippen LogP contribution in [0.2, 0.25) is 0 Å². The van der Waals surface area contributed by atoms with Crippen molar-refractivity contribution in [2.24, 2.45) is 5.73 Å². The summed E-state index contributed by atoms with van der Waals surface area (Å²) >= 11 is 0. The van der Waals surface area contributed by atoms with Crippen molar-refractivity contribution in [3.8, 4) is 23.0 Å². The van der Waals surface area contributed by atoms with Crippen molar-refractivity contribution < 1.29 is 59.2 Å². The normalized spacial score (nSPS) is 23.4. The number of aliphatic carboxylic acids is 1. The average Bonchev–Trinajstić information content (AvgIpc) is 3.00. The van der Waals surface area contributed by atoms with E-state index in [2.05, 4.69) is 5.32 Å². The Hall–Kier alpha value is -4.31. The smallest absolute Gasteiger partial charge is 0.336 e. The molecule has 244 valence electrons. The van der Waals surface area contributed by atoms with Crippen molar-refractivity contribution in [2.45, 2.75) is 36.3 Å². The number of aliphatic hydroxyl groups excluding tert-OH is 2. The average molecular weight is 631 g/mol. The molecule has 14 heteroatoms. The molecule has 3 rings (SSSR count). The van der Waals surface area contributed by atoms with Gasteiger partial charge in [-0.3, -0.25) is 9.59 Å². The quantitative estimate of drug-likeness (QED) is 0.0922. The zero-order valence-corrected chi connectivity index (χ0v) is 24.6. The number of aliphatic hydroxyl groups is 2. The van der Waals surface area contributed by atoms with Gasteiger partial charge in [0.05, 0.1) is 6.10 Å². The van der Waals surface area contributed by atoms with Crippen LogP contribution in [0.5, 0.6) is 23.0 Å². The number of benzene rings is 2. The van der Waals surface area contributed by atoms with Crippen molar-refractivity contribution in [1.82, 2.24) is 5.32 Å². The predicted molar refractivity (Wildman–Crippen MR) is 161 cm³/mol. The largest absolute Gasteiger partial charge is 0.504 e. The molecule has 0 radical (unpaired) electrons. The van der Waals surface area contributed by atoms with Crippen LogP contribution in [-0.4, -0.2) is 112 Å². The van der Waals surface area contributed by atoms with Gasteiger partial charge in [0.1, 0.15) is 31.5 Å². The number of carbonyl (C=O) groups is 3. The minimum absolute atomic E-state index is 0.164. The minimum atomic E-state index is -2.16. The Bertz CT molecular complexity index is 1430. The molecule has 0 aliphatic heterocycles. The lowest BCUT2D eigenvalue weighted by Crippen LogP contribution is -2.67. The van der Waals surface area contributed by atoms with Gasteiger partial charge in [0, 0.05) is 25.9 Å². The first-order valence-electron chi connectivity index (χ1n) is 14.0. The number of ether oxygens (including phenoxy) is 3. The van der Waals surface area contributed by atoms with Gasteiger partial charge in [-0.2, -0.15) is 0 Å². The van der Waals surface area contributed by atoms with Crippen molar-refractivity contribution in [2.75, 3.05) is 40.0 Å². The first kappa shape index (κ1) is 35.2. The number of phenols is 3. The van der Waals surface area contributed by atoms with Crippen LogP contribution in [0.1, 0.15) is 24.0 Å². The van der Waals surface area contributed by atoms with E-state index in [1.807, 2.05) is 0 Å². The molecule has 1 saturated carbocycles. The lowest BCUT2D eigenvalue weighted by atomic mass is 9.71. The molecule has 2 aromatic rings. The number of likely N-dealkylation sites (N-methyl/N-ethyl adjacent to an activating group) is 1. The van der Waals surface area contributed by atoms with Crippen LogP contribution < -0.4 is 15.8 Å². The van der Waals surface area contributed by atoms with Crippen LogP contribution in [0, 0.1) is 0 Å². The summed E-state index contributed by atoms with van der Waals surface area (Å²) in [6.07, 6.45) is 0.660.